The minimum Gasteiger partial charge on any atom is -0.862 e. The highest BCUT2D eigenvalue weighted by molar-refractivity contribution is 5.71. The molecule has 0 aromatic heterocycles. The maximum Gasteiger partial charge on any atom is 0.0509 e. The highest BCUT2D eigenvalue weighted by atomic mass is 16.5. The van der Waals surface area contributed by atoms with E-state index in [4.69, 9.17) is 4.74 Å². The predicted molar refractivity (Wildman–Crippen MR) is 57.6 cm³/mol. The molecule has 0 saturated heterocycles. The Morgan fingerprint density at radius 3 is 2.50 bits per heavy atom. The maximum absolute atomic E-state index is 11.1. The zero-order chi connectivity index (χ0) is 10.6. The lowest BCUT2D eigenvalue weighted by atomic mass is 10.3. The van der Waals surface area contributed by atoms with E-state index < -0.39 is 0 Å². The van der Waals surface area contributed by atoms with Gasteiger partial charge in [-0.3, -0.25) is 0 Å². The van der Waals surface area contributed by atoms with Gasteiger partial charge in [-0.2, -0.15) is 0 Å². The van der Waals surface area contributed by atoms with Crippen molar-refractivity contribution < 1.29 is 9.84 Å². The van der Waals surface area contributed by atoms with Crippen molar-refractivity contribution in [3.05, 3.63) is 0 Å². The topological polar surface area (TPSA) is 44.7 Å². The molecule has 0 saturated carbocycles. The second kappa shape index (κ2) is 10.5. The summed E-state index contributed by atoms with van der Waals surface area (Å²) >= 11 is 0. The molecule has 0 amide bonds. The van der Waals surface area contributed by atoms with Gasteiger partial charge in [0.25, 0.3) is 0 Å². The average molecular weight is 200 g/mol. The molecule has 0 bridgehead atoms. The van der Waals surface area contributed by atoms with Gasteiger partial charge in [-0.05, 0) is 25.2 Å². The Hall–Kier alpha value is -0.570. The van der Waals surface area contributed by atoms with E-state index in [1.807, 2.05) is 0 Å². The molecule has 0 atom stereocenters. The van der Waals surface area contributed by atoms with Gasteiger partial charge in [-0.15, -0.1) is 0 Å². The summed E-state index contributed by atoms with van der Waals surface area (Å²) in [5, 5.41) is 11.1. The molecule has 0 radical (unpaired) electrons. The first kappa shape index (κ1) is 13.4. The molecule has 0 fully saturated rings. The van der Waals surface area contributed by atoms with E-state index in [1.54, 1.807) is 0 Å². The fourth-order valence-corrected chi connectivity index (χ4v) is 0.949. The van der Waals surface area contributed by atoms with Gasteiger partial charge >= 0.3 is 0 Å². The summed E-state index contributed by atoms with van der Waals surface area (Å²) in [6.07, 6.45) is 4.73. The van der Waals surface area contributed by atoms with Crippen LogP contribution in [0.1, 0.15) is 46.0 Å². The third kappa shape index (κ3) is 9.52. The van der Waals surface area contributed by atoms with E-state index in [2.05, 4.69) is 18.8 Å². The number of aliphatic imine (C=N–C) groups is 1. The quantitative estimate of drug-likeness (QED) is 0.323. The van der Waals surface area contributed by atoms with E-state index in [0.29, 0.717) is 19.6 Å². The van der Waals surface area contributed by atoms with Gasteiger partial charge in [0.1, 0.15) is 0 Å². The molecule has 0 heterocycles. The fourth-order valence-electron chi connectivity index (χ4n) is 0.949. The van der Waals surface area contributed by atoms with Crippen molar-refractivity contribution in [3.63, 3.8) is 0 Å². The summed E-state index contributed by atoms with van der Waals surface area (Å²) in [6.45, 7) is 6.17. The Labute approximate surface area is 87.2 Å². The Morgan fingerprint density at radius 1 is 1.14 bits per heavy atom. The van der Waals surface area contributed by atoms with Crippen molar-refractivity contribution in [1.29, 1.82) is 0 Å². The number of nitrogens with zero attached hydrogens (tertiary/aromatic N) is 1. The zero-order valence-electron chi connectivity index (χ0n) is 9.42. The number of hydrogen-bond donors (Lipinski definition) is 0. The summed E-state index contributed by atoms with van der Waals surface area (Å²) in [6, 6.07) is 0. The summed E-state index contributed by atoms with van der Waals surface area (Å²) in [5.74, 6) is -0.0186. The molecule has 0 spiro atoms. The van der Waals surface area contributed by atoms with Crippen molar-refractivity contribution in [1.82, 2.24) is 0 Å². The zero-order valence-corrected chi connectivity index (χ0v) is 9.42. The fraction of sp³-hybridized carbons (Fsp3) is 0.909. The number of rotatable bonds is 9. The summed E-state index contributed by atoms with van der Waals surface area (Å²) in [4.78, 5) is 3.91. The van der Waals surface area contributed by atoms with Crippen LogP contribution in [0.3, 0.4) is 0 Å². The molecule has 0 aliphatic heterocycles. The molecular formula is C11H22NO2-. The highest BCUT2D eigenvalue weighted by Crippen LogP contribution is 1.91. The molecule has 0 aromatic carbocycles. The smallest absolute Gasteiger partial charge is 0.0509 e. The Balaban J connectivity index is 3.25. The first-order chi connectivity index (χ1) is 6.81. The van der Waals surface area contributed by atoms with Crippen molar-refractivity contribution in [2.75, 3.05) is 19.8 Å². The third-order valence-corrected chi connectivity index (χ3v) is 1.90. The van der Waals surface area contributed by atoms with E-state index in [1.165, 1.54) is 0 Å². The number of unbranched alkanes of at least 4 members (excludes halogenated alkanes) is 2. The van der Waals surface area contributed by atoms with Gasteiger partial charge in [-0.1, -0.05) is 26.7 Å². The van der Waals surface area contributed by atoms with Crippen molar-refractivity contribution in [2.45, 2.75) is 46.0 Å². The molecule has 0 aliphatic rings. The Kier molecular flexibility index (Phi) is 10.1. The van der Waals surface area contributed by atoms with Crippen molar-refractivity contribution in [2.24, 2.45) is 4.99 Å². The van der Waals surface area contributed by atoms with Gasteiger partial charge in [0.15, 0.2) is 0 Å². The highest BCUT2D eigenvalue weighted by Gasteiger charge is 1.88. The van der Waals surface area contributed by atoms with Crippen LogP contribution < -0.4 is 5.11 Å². The molecule has 84 valence electrons. The van der Waals surface area contributed by atoms with Gasteiger partial charge in [0, 0.05) is 13.2 Å². The molecule has 14 heavy (non-hydrogen) atoms. The maximum atomic E-state index is 11.1. The Bertz CT molecular complexity index is 146. The number of ether oxygens (including phenoxy) is 1. The second-order valence-electron chi connectivity index (χ2n) is 3.34. The SMILES string of the molecule is CCCCN=C([O-])CCOCCCC. The standard InChI is InChI=1S/C11H23NO2/c1-3-5-8-12-11(13)7-10-14-9-6-4-2/h3-10H2,1-2H3,(H,12,13)/p-1. The summed E-state index contributed by atoms with van der Waals surface area (Å²) in [7, 11) is 0. The Morgan fingerprint density at radius 2 is 1.86 bits per heavy atom. The first-order valence-electron chi connectivity index (χ1n) is 5.59. The van der Waals surface area contributed by atoms with Crippen LogP contribution in [0.2, 0.25) is 0 Å². The van der Waals surface area contributed by atoms with Gasteiger partial charge in [0.05, 0.1) is 6.61 Å². The summed E-state index contributed by atoms with van der Waals surface area (Å²) < 4.78 is 5.27. The summed E-state index contributed by atoms with van der Waals surface area (Å²) in [5.41, 5.74) is 0. The lowest BCUT2D eigenvalue weighted by Gasteiger charge is -2.10. The molecular weight excluding hydrogens is 178 g/mol. The second-order valence-corrected chi connectivity index (χ2v) is 3.34. The van der Waals surface area contributed by atoms with E-state index in [0.717, 1.165) is 32.3 Å². The lowest BCUT2D eigenvalue weighted by Crippen LogP contribution is -2.20. The van der Waals surface area contributed by atoms with Gasteiger partial charge in [-0.25, -0.2) is 0 Å². The van der Waals surface area contributed by atoms with E-state index >= 15 is 0 Å². The molecule has 0 unspecified atom stereocenters. The molecule has 3 nitrogen and oxygen atoms in total. The first-order valence-corrected chi connectivity index (χ1v) is 5.59. The van der Waals surface area contributed by atoms with Crippen molar-refractivity contribution in [3.8, 4) is 0 Å². The molecule has 0 aliphatic carbocycles. The average Bonchev–Trinajstić information content (AvgIpc) is 2.18. The molecule has 0 aromatic rings. The van der Waals surface area contributed by atoms with Crippen LogP contribution in [0.4, 0.5) is 0 Å². The molecule has 0 N–H and O–H groups in total. The number of hydrogen-bond acceptors (Lipinski definition) is 3. The largest absolute Gasteiger partial charge is 0.862 e. The lowest BCUT2D eigenvalue weighted by molar-refractivity contribution is -0.220. The van der Waals surface area contributed by atoms with Gasteiger partial charge < -0.3 is 14.8 Å². The van der Waals surface area contributed by atoms with Crippen LogP contribution in [-0.2, 0) is 4.74 Å². The van der Waals surface area contributed by atoms with Crippen LogP contribution in [0.15, 0.2) is 4.99 Å². The normalized spacial score (nSPS) is 12.0. The minimum atomic E-state index is -0.0186. The van der Waals surface area contributed by atoms with Crippen LogP contribution in [0, 0.1) is 0 Å². The molecule has 0 rings (SSSR count). The predicted octanol–water partition coefficient (Wildman–Crippen LogP) is 1.75. The van der Waals surface area contributed by atoms with Crippen LogP contribution in [0.25, 0.3) is 0 Å². The molecule has 3 heteroatoms. The van der Waals surface area contributed by atoms with Crippen molar-refractivity contribution >= 4 is 5.90 Å². The third-order valence-electron chi connectivity index (χ3n) is 1.90. The van der Waals surface area contributed by atoms with Crippen LogP contribution in [-0.4, -0.2) is 25.7 Å². The van der Waals surface area contributed by atoms with Crippen LogP contribution in [0.5, 0.6) is 0 Å². The van der Waals surface area contributed by atoms with E-state index in [9.17, 15) is 5.11 Å². The van der Waals surface area contributed by atoms with E-state index in [-0.39, 0.29) is 5.90 Å². The minimum absolute atomic E-state index is 0.0186. The van der Waals surface area contributed by atoms with Gasteiger partial charge in [0.2, 0.25) is 0 Å². The van der Waals surface area contributed by atoms with Crippen LogP contribution >= 0.6 is 0 Å². The monoisotopic (exact) mass is 200 g/mol.